The van der Waals surface area contributed by atoms with Crippen molar-refractivity contribution in [3.63, 3.8) is 0 Å². The smallest absolute Gasteiger partial charge is 0.311 e. The molecule has 154 valence electrons. The van der Waals surface area contributed by atoms with Crippen LogP contribution in [-0.2, 0) is 9.59 Å². The fourth-order valence-corrected chi connectivity index (χ4v) is 3.55. The van der Waals surface area contributed by atoms with Crippen LogP contribution < -0.4 is 10.1 Å². The molecule has 3 rings (SSSR count). The van der Waals surface area contributed by atoms with Crippen LogP contribution in [0.3, 0.4) is 0 Å². The second-order valence-electron chi connectivity index (χ2n) is 6.37. The van der Waals surface area contributed by atoms with Crippen LogP contribution in [-0.4, -0.2) is 40.5 Å². The van der Waals surface area contributed by atoms with E-state index in [1.807, 2.05) is 19.1 Å². The van der Waals surface area contributed by atoms with E-state index in [4.69, 9.17) is 4.74 Å². The highest BCUT2D eigenvalue weighted by Gasteiger charge is 2.36. The van der Waals surface area contributed by atoms with Gasteiger partial charge in [-0.15, -0.1) is 0 Å². The van der Waals surface area contributed by atoms with Gasteiger partial charge in [-0.3, -0.25) is 29.4 Å². The molecule has 10 heteroatoms. The zero-order valence-electron chi connectivity index (χ0n) is 16.1. The average Bonchev–Trinajstić information content (AvgIpc) is 2.97. The summed E-state index contributed by atoms with van der Waals surface area (Å²) >= 11 is 0.669. The summed E-state index contributed by atoms with van der Waals surface area (Å²) in [6.07, 6.45) is 1.37. The van der Waals surface area contributed by atoms with Crippen LogP contribution in [0, 0.1) is 17.0 Å². The number of methoxy groups -OCH3 is 1. The highest BCUT2D eigenvalue weighted by Crippen LogP contribution is 2.34. The number of thioether (sulfide) groups is 1. The van der Waals surface area contributed by atoms with Gasteiger partial charge in [0.15, 0.2) is 5.75 Å². The molecule has 3 amide bonds. The van der Waals surface area contributed by atoms with Gasteiger partial charge in [-0.1, -0.05) is 23.8 Å². The number of anilines is 1. The molecule has 0 saturated carbocycles. The molecule has 0 atom stereocenters. The number of hydrogen-bond acceptors (Lipinski definition) is 7. The number of amides is 3. The number of nitrogens with one attached hydrogen (secondary N) is 1. The molecule has 0 bridgehead atoms. The van der Waals surface area contributed by atoms with Gasteiger partial charge in [-0.05, 0) is 48.5 Å². The maximum absolute atomic E-state index is 12.6. The zero-order chi connectivity index (χ0) is 21.8. The van der Waals surface area contributed by atoms with Crippen molar-refractivity contribution in [2.45, 2.75) is 6.92 Å². The average molecular weight is 427 g/mol. The van der Waals surface area contributed by atoms with Crippen molar-refractivity contribution < 1.29 is 24.0 Å². The van der Waals surface area contributed by atoms with Crippen LogP contribution in [0.5, 0.6) is 5.75 Å². The fraction of sp³-hybridized carbons (Fsp3) is 0.150. The van der Waals surface area contributed by atoms with Crippen LogP contribution in [0.4, 0.5) is 16.2 Å². The normalized spacial score (nSPS) is 14.9. The molecule has 0 aromatic heterocycles. The number of nitrogens with zero attached hydrogens (tertiary/aromatic N) is 2. The van der Waals surface area contributed by atoms with Gasteiger partial charge in [0, 0.05) is 11.8 Å². The lowest BCUT2D eigenvalue weighted by molar-refractivity contribution is -0.385. The summed E-state index contributed by atoms with van der Waals surface area (Å²) in [7, 11) is 1.31. The van der Waals surface area contributed by atoms with Gasteiger partial charge < -0.3 is 10.1 Å². The Hall–Kier alpha value is -3.66. The maximum Gasteiger partial charge on any atom is 0.311 e. The van der Waals surface area contributed by atoms with Crippen LogP contribution >= 0.6 is 11.8 Å². The Kier molecular flexibility index (Phi) is 6.17. The van der Waals surface area contributed by atoms with E-state index in [-0.39, 0.29) is 16.3 Å². The number of hydrogen-bond donors (Lipinski definition) is 1. The Bertz CT molecular complexity index is 1060. The largest absolute Gasteiger partial charge is 0.490 e. The number of imide groups is 1. The van der Waals surface area contributed by atoms with Crippen LogP contribution in [0.25, 0.3) is 6.08 Å². The lowest BCUT2D eigenvalue weighted by Crippen LogP contribution is -2.36. The molecule has 1 N–H and O–H groups in total. The minimum absolute atomic E-state index is 0.0719. The topological polar surface area (TPSA) is 119 Å². The van der Waals surface area contributed by atoms with E-state index in [1.54, 1.807) is 12.1 Å². The molecule has 0 unspecified atom stereocenters. The molecule has 0 radical (unpaired) electrons. The molecular formula is C20H17N3O6S. The third-order valence-electron chi connectivity index (χ3n) is 4.21. The van der Waals surface area contributed by atoms with Gasteiger partial charge in [0.1, 0.15) is 6.54 Å². The van der Waals surface area contributed by atoms with Gasteiger partial charge in [-0.25, -0.2) is 0 Å². The Balaban J connectivity index is 1.74. The lowest BCUT2D eigenvalue weighted by Gasteiger charge is -2.12. The maximum atomic E-state index is 12.6. The number of aryl methyl sites for hydroxylation is 1. The second kappa shape index (κ2) is 8.78. The molecule has 0 spiro atoms. The van der Waals surface area contributed by atoms with Crippen LogP contribution in [0.1, 0.15) is 11.1 Å². The van der Waals surface area contributed by atoms with Gasteiger partial charge in [-0.2, -0.15) is 0 Å². The van der Waals surface area contributed by atoms with E-state index in [2.05, 4.69) is 5.32 Å². The number of carbonyl (C=O) groups is 3. The van der Waals surface area contributed by atoms with Gasteiger partial charge in [0.25, 0.3) is 11.1 Å². The van der Waals surface area contributed by atoms with Crippen molar-refractivity contribution in [3.8, 4) is 5.75 Å². The van der Waals surface area contributed by atoms with Crippen molar-refractivity contribution in [2.75, 3.05) is 19.0 Å². The van der Waals surface area contributed by atoms with Crippen molar-refractivity contribution in [1.29, 1.82) is 0 Å². The summed E-state index contributed by atoms with van der Waals surface area (Å²) in [5.74, 6) is -1.07. The molecule has 9 nitrogen and oxygen atoms in total. The summed E-state index contributed by atoms with van der Waals surface area (Å²) in [5.41, 5.74) is 1.68. The highest BCUT2D eigenvalue weighted by molar-refractivity contribution is 8.18. The molecular weight excluding hydrogens is 410 g/mol. The highest BCUT2D eigenvalue weighted by atomic mass is 32.2. The van der Waals surface area contributed by atoms with E-state index in [0.29, 0.717) is 23.0 Å². The molecule has 1 saturated heterocycles. The first-order valence-electron chi connectivity index (χ1n) is 8.73. The number of nitro benzene ring substituents is 1. The van der Waals surface area contributed by atoms with Crippen LogP contribution in [0.15, 0.2) is 47.4 Å². The Morgan fingerprint density at radius 2 is 1.93 bits per heavy atom. The quantitative estimate of drug-likeness (QED) is 0.425. The minimum Gasteiger partial charge on any atom is -0.490 e. The third kappa shape index (κ3) is 4.66. The van der Waals surface area contributed by atoms with Crippen LogP contribution in [0.2, 0.25) is 0 Å². The number of rotatable bonds is 6. The van der Waals surface area contributed by atoms with E-state index >= 15 is 0 Å². The standard InChI is InChI=1S/C20H17N3O6S/c1-12-3-6-14(7-4-12)21-18(24)11-22-19(25)17(30-20(22)26)10-13-5-8-16(29-2)15(9-13)23(27)28/h3-10H,11H2,1-2H3,(H,21,24)/b17-10+. The zero-order valence-corrected chi connectivity index (χ0v) is 16.9. The van der Waals surface area contributed by atoms with E-state index in [0.717, 1.165) is 10.5 Å². The van der Waals surface area contributed by atoms with Gasteiger partial charge in [0.2, 0.25) is 5.91 Å². The predicted octanol–water partition coefficient (Wildman–Crippen LogP) is 3.59. The van der Waals surface area contributed by atoms with Crippen molar-refractivity contribution >= 4 is 46.3 Å². The first-order valence-corrected chi connectivity index (χ1v) is 9.54. The summed E-state index contributed by atoms with van der Waals surface area (Å²) in [6.45, 7) is 1.48. The molecule has 1 heterocycles. The van der Waals surface area contributed by atoms with Crippen molar-refractivity contribution in [2.24, 2.45) is 0 Å². The van der Waals surface area contributed by atoms with Gasteiger partial charge in [0.05, 0.1) is 16.9 Å². The predicted molar refractivity (Wildman–Crippen MR) is 112 cm³/mol. The molecule has 1 aliphatic rings. The minimum atomic E-state index is -0.637. The van der Waals surface area contributed by atoms with E-state index in [9.17, 15) is 24.5 Å². The molecule has 1 aliphatic heterocycles. The monoisotopic (exact) mass is 427 g/mol. The summed E-state index contributed by atoms with van der Waals surface area (Å²) in [4.78, 5) is 48.5. The summed E-state index contributed by atoms with van der Waals surface area (Å²) < 4.78 is 4.94. The third-order valence-corrected chi connectivity index (χ3v) is 5.12. The SMILES string of the molecule is COc1ccc(/C=C2/SC(=O)N(CC(=O)Nc3ccc(C)cc3)C2=O)cc1[N+](=O)[O-]. The molecule has 1 fully saturated rings. The van der Waals surface area contributed by atoms with E-state index in [1.165, 1.54) is 31.4 Å². The van der Waals surface area contributed by atoms with E-state index < -0.39 is 28.5 Å². The molecule has 2 aromatic carbocycles. The summed E-state index contributed by atoms with van der Waals surface area (Å²) in [6, 6.07) is 11.3. The molecule has 2 aromatic rings. The fourth-order valence-electron chi connectivity index (χ4n) is 2.71. The number of benzene rings is 2. The second-order valence-corrected chi connectivity index (χ2v) is 7.36. The Morgan fingerprint density at radius 1 is 1.23 bits per heavy atom. The Labute approximate surface area is 175 Å². The van der Waals surface area contributed by atoms with Gasteiger partial charge >= 0.3 is 5.69 Å². The first-order chi connectivity index (χ1) is 14.3. The number of nitro groups is 1. The molecule has 30 heavy (non-hydrogen) atoms. The Morgan fingerprint density at radius 3 is 2.57 bits per heavy atom. The summed E-state index contributed by atoms with van der Waals surface area (Å²) in [5, 5.41) is 13.2. The first kappa shape index (κ1) is 21.1. The van der Waals surface area contributed by atoms with Crippen molar-refractivity contribution in [3.05, 3.63) is 68.6 Å². The van der Waals surface area contributed by atoms with Crippen molar-refractivity contribution in [1.82, 2.24) is 4.90 Å². The number of carbonyl (C=O) groups excluding carboxylic acids is 3. The lowest BCUT2D eigenvalue weighted by atomic mass is 10.1. The molecule has 0 aliphatic carbocycles. The number of ether oxygens (including phenoxy) is 1.